The first kappa shape index (κ1) is 25.6. The van der Waals surface area contributed by atoms with E-state index in [0.717, 1.165) is 13.0 Å². The van der Waals surface area contributed by atoms with E-state index in [4.69, 9.17) is 14.6 Å². The Hall–Kier alpha value is -2.69. The lowest BCUT2D eigenvalue weighted by Gasteiger charge is -2.20. The lowest BCUT2D eigenvalue weighted by atomic mass is 9.93. The van der Waals surface area contributed by atoms with Gasteiger partial charge in [-0.1, -0.05) is 13.8 Å². The van der Waals surface area contributed by atoms with Crippen molar-refractivity contribution in [3.63, 3.8) is 0 Å². The van der Waals surface area contributed by atoms with E-state index >= 15 is 0 Å². The summed E-state index contributed by atoms with van der Waals surface area (Å²) in [5.74, 6) is -1.53. The van der Waals surface area contributed by atoms with Crippen molar-refractivity contribution in [3.8, 4) is 0 Å². The first-order chi connectivity index (χ1) is 15.0. The predicted molar refractivity (Wildman–Crippen MR) is 108 cm³/mol. The second-order valence-electron chi connectivity index (χ2n) is 8.28. The molecule has 11 heteroatoms. The summed E-state index contributed by atoms with van der Waals surface area (Å²) in [6.07, 6.45) is -0.220. The maximum Gasteiger partial charge on any atom is 0.490 e. The molecule has 2 aliphatic rings. The molecule has 178 valence electrons. The highest BCUT2D eigenvalue weighted by molar-refractivity contribution is 5.93. The van der Waals surface area contributed by atoms with Crippen molar-refractivity contribution in [2.24, 2.45) is 17.8 Å². The smallest absolute Gasteiger partial charge is 0.475 e. The normalized spacial score (nSPS) is 22.2. The van der Waals surface area contributed by atoms with Crippen molar-refractivity contribution >= 4 is 17.8 Å². The number of fused-ring (bicyclic) bond motifs is 1. The summed E-state index contributed by atoms with van der Waals surface area (Å²) in [6, 6.07) is 3.50. The summed E-state index contributed by atoms with van der Waals surface area (Å²) in [5.41, 5.74) is 0.565. The molecule has 8 nitrogen and oxygen atoms in total. The average molecular weight is 459 g/mol. The van der Waals surface area contributed by atoms with Crippen LogP contribution < -0.4 is 5.32 Å². The highest BCUT2D eigenvalue weighted by Gasteiger charge is 2.45. The Morgan fingerprint density at radius 2 is 2.00 bits per heavy atom. The molecule has 0 unspecified atom stereocenters. The summed E-state index contributed by atoms with van der Waals surface area (Å²) >= 11 is 0. The van der Waals surface area contributed by atoms with E-state index in [1.54, 1.807) is 24.5 Å². The number of carbonyl (C=O) groups excluding carboxylic acids is 2. The van der Waals surface area contributed by atoms with Gasteiger partial charge in [0.1, 0.15) is 0 Å². The van der Waals surface area contributed by atoms with Gasteiger partial charge in [0.05, 0.1) is 18.3 Å². The molecule has 2 aliphatic heterocycles. The van der Waals surface area contributed by atoms with Crippen molar-refractivity contribution in [2.75, 3.05) is 26.2 Å². The molecule has 1 aromatic heterocycles. The minimum absolute atomic E-state index is 0.112. The number of ether oxygens (including phenoxy) is 1. The van der Waals surface area contributed by atoms with Gasteiger partial charge in [-0.15, -0.1) is 0 Å². The van der Waals surface area contributed by atoms with E-state index in [1.165, 1.54) is 0 Å². The number of aliphatic carboxylic acids is 1. The van der Waals surface area contributed by atoms with Crippen LogP contribution in [0.25, 0.3) is 0 Å². The van der Waals surface area contributed by atoms with E-state index in [9.17, 15) is 22.8 Å². The Morgan fingerprint density at radius 3 is 2.56 bits per heavy atom. The zero-order chi connectivity index (χ0) is 23.9. The SMILES string of the molecule is CC(C)CCC(=O)N1C[C@@H]2[C@@H](CNC(=O)c3cccnc3)CO[C@@H]2C1.O=C(O)C(F)(F)F. The molecule has 1 aromatic rings. The number of nitrogens with one attached hydrogen (secondary N) is 1. The number of carboxylic acid groups (broad SMARTS) is 1. The minimum atomic E-state index is -5.08. The van der Waals surface area contributed by atoms with Gasteiger partial charge in [-0.3, -0.25) is 14.6 Å². The van der Waals surface area contributed by atoms with Crippen LogP contribution in [0.4, 0.5) is 13.2 Å². The third-order valence-electron chi connectivity index (χ3n) is 5.42. The molecule has 2 amide bonds. The molecule has 2 fully saturated rings. The average Bonchev–Trinajstić information content (AvgIpc) is 3.32. The number of pyridine rings is 1. The highest BCUT2D eigenvalue weighted by Crippen LogP contribution is 2.33. The van der Waals surface area contributed by atoms with Gasteiger partial charge in [0.25, 0.3) is 5.91 Å². The van der Waals surface area contributed by atoms with Crippen LogP contribution in [0.3, 0.4) is 0 Å². The van der Waals surface area contributed by atoms with Crippen molar-refractivity contribution in [1.29, 1.82) is 0 Å². The van der Waals surface area contributed by atoms with Crippen LogP contribution >= 0.6 is 0 Å². The van der Waals surface area contributed by atoms with Gasteiger partial charge in [0, 0.05) is 50.3 Å². The van der Waals surface area contributed by atoms with Gasteiger partial charge >= 0.3 is 12.1 Å². The fourth-order valence-corrected chi connectivity index (χ4v) is 3.61. The number of halogens is 3. The van der Waals surface area contributed by atoms with Crippen molar-refractivity contribution in [3.05, 3.63) is 30.1 Å². The molecule has 0 radical (unpaired) electrons. The molecule has 2 saturated heterocycles. The molecule has 2 N–H and O–H groups in total. The molecule has 0 bridgehead atoms. The summed E-state index contributed by atoms with van der Waals surface area (Å²) in [4.78, 5) is 39.3. The number of nitrogens with zero attached hydrogens (tertiary/aromatic N) is 2. The number of hydrogen-bond acceptors (Lipinski definition) is 5. The van der Waals surface area contributed by atoms with Crippen LogP contribution in [0.5, 0.6) is 0 Å². The number of carboxylic acids is 1. The quantitative estimate of drug-likeness (QED) is 0.676. The molecule has 0 aliphatic carbocycles. The lowest BCUT2D eigenvalue weighted by molar-refractivity contribution is -0.192. The number of amides is 2. The first-order valence-electron chi connectivity index (χ1n) is 10.4. The third kappa shape index (κ3) is 7.47. The number of rotatable bonds is 6. The fourth-order valence-electron chi connectivity index (χ4n) is 3.61. The summed E-state index contributed by atoms with van der Waals surface area (Å²) in [7, 11) is 0. The number of hydrogen-bond donors (Lipinski definition) is 2. The minimum Gasteiger partial charge on any atom is -0.475 e. The number of likely N-dealkylation sites (tertiary alicyclic amines) is 1. The second-order valence-corrected chi connectivity index (χ2v) is 8.28. The molecule has 0 saturated carbocycles. The van der Waals surface area contributed by atoms with E-state index in [2.05, 4.69) is 24.1 Å². The summed E-state index contributed by atoms with van der Waals surface area (Å²) < 4.78 is 37.6. The highest BCUT2D eigenvalue weighted by atomic mass is 19.4. The lowest BCUT2D eigenvalue weighted by Crippen LogP contribution is -2.35. The van der Waals surface area contributed by atoms with E-state index in [1.807, 2.05) is 4.90 Å². The van der Waals surface area contributed by atoms with E-state index in [0.29, 0.717) is 43.5 Å². The Balaban J connectivity index is 0.000000451. The third-order valence-corrected chi connectivity index (χ3v) is 5.42. The monoisotopic (exact) mass is 459 g/mol. The van der Waals surface area contributed by atoms with Crippen molar-refractivity contribution < 1.29 is 37.4 Å². The Labute approximate surface area is 184 Å². The molecule has 3 atom stereocenters. The topological polar surface area (TPSA) is 109 Å². The molecule has 3 heterocycles. The summed E-state index contributed by atoms with van der Waals surface area (Å²) in [6.45, 7) is 6.93. The second kappa shape index (κ2) is 11.3. The van der Waals surface area contributed by atoms with Crippen LogP contribution in [0.1, 0.15) is 37.0 Å². The number of alkyl halides is 3. The molecular formula is C21H28F3N3O5. The predicted octanol–water partition coefficient (Wildman–Crippen LogP) is 2.35. The van der Waals surface area contributed by atoms with Gasteiger partial charge in [-0.2, -0.15) is 13.2 Å². The van der Waals surface area contributed by atoms with Crippen molar-refractivity contribution in [1.82, 2.24) is 15.2 Å². The van der Waals surface area contributed by atoms with Crippen LogP contribution in [0, 0.1) is 17.8 Å². The van der Waals surface area contributed by atoms with Crippen LogP contribution in [0.2, 0.25) is 0 Å². The van der Waals surface area contributed by atoms with E-state index < -0.39 is 12.1 Å². The first-order valence-corrected chi connectivity index (χ1v) is 10.4. The standard InChI is InChI=1S/C19H27N3O3.C2HF3O2/c1-13(2)5-6-18(23)22-10-16-15(12-25-17(16)11-22)9-21-19(24)14-4-3-7-20-8-14;3-2(4,5)1(6)7/h3-4,7-8,13,15-17H,5-6,9-12H2,1-2H3,(H,21,24);(H,6,7)/t15-,16+,17+;/m0./s1. The van der Waals surface area contributed by atoms with Gasteiger partial charge < -0.3 is 20.1 Å². The van der Waals surface area contributed by atoms with Gasteiger partial charge in [-0.05, 0) is 24.5 Å². The Bertz CT molecular complexity index is 789. The zero-order valence-corrected chi connectivity index (χ0v) is 18.0. The van der Waals surface area contributed by atoms with Crippen molar-refractivity contribution in [2.45, 2.75) is 39.0 Å². The van der Waals surface area contributed by atoms with Gasteiger partial charge in [0.15, 0.2) is 0 Å². The molecule has 0 spiro atoms. The van der Waals surface area contributed by atoms with Crippen LogP contribution in [0.15, 0.2) is 24.5 Å². The maximum absolute atomic E-state index is 12.3. The van der Waals surface area contributed by atoms with E-state index in [-0.39, 0.29) is 23.8 Å². The summed E-state index contributed by atoms with van der Waals surface area (Å²) in [5, 5.41) is 10.1. The van der Waals surface area contributed by atoms with Gasteiger partial charge in [-0.25, -0.2) is 4.79 Å². The molecule has 0 aromatic carbocycles. The Morgan fingerprint density at radius 1 is 1.31 bits per heavy atom. The number of aromatic nitrogens is 1. The fraction of sp³-hybridized carbons (Fsp3) is 0.619. The largest absolute Gasteiger partial charge is 0.490 e. The molecule has 3 rings (SSSR count). The van der Waals surface area contributed by atoms with Crippen LogP contribution in [-0.4, -0.2) is 71.3 Å². The number of carbonyl (C=O) groups is 3. The van der Waals surface area contributed by atoms with Gasteiger partial charge in [0.2, 0.25) is 5.91 Å². The Kier molecular flexibility index (Phi) is 8.99. The maximum atomic E-state index is 12.3. The van der Waals surface area contributed by atoms with Crippen LogP contribution in [-0.2, 0) is 14.3 Å². The zero-order valence-electron chi connectivity index (χ0n) is 18.0. The molecule has 32 heavy (non-hydrogen) atoms. The molecular weight excluding hydrogens is 431 g/mol.